The van der Waals surface area contributed by atoms with Crippen LogP contribution in [0, 0.1) is 13.8 Å². The van der Waals surface area contributed by atoms with Gasteiger partial charge in [0, 0.05) is 33.6 Å². The summed E-state index contributed by atoms with van der Waals surface area (Å²) < 4.78 is 53.7. The van der Waals surface area contributed by atoms with E-state index in [1.165, 1.54) is 75.6 Å². The number of hydrogen-bond donors (Lipinski definition) is 0. The molecule has 0 saturated heterocycles. The van der Waals surface area contributed by atoms with Gasteiger partial charge in [-0.3, -0.25) is 4.90 Å². The maximum Gasteiger partial charge on any atom is 0.257 e. The van der Waals surface area contributed by atoms with Gasteiger partial charge in [-0.2, -0.15) is 0 Å². The number of nitrogens with zero attached hydrogens (tertiary/aromatic N) is 2. The van der Waals surface area contributed by atoms with E-state index >= 15 is 0 Å². The molecule has 6 aromatic carbocycles. The Labute approximate surface area is 438 Å². The highest BCUT2D eigenvalue weighted by molar-refractivity contribution is 7.01. The third kappa shape index (κ3) is 6.41. The van der Waals surface area contributed by atoms with Crippen molar-refractivity contribution >= 4 is 68.4 Å². The Morgan fingerprint density at radius 1 is 0.514 bits per heavy atom. The molecule has 0 spiro atoms. The van der Waals surface area contributed by atoms with E-state index < -0.39 is 6.04 Å². The minimum atomic E-state index is -0.397. The zero-order valence-electron chi connectivity index (χ0n) is 50.9. The van der Waals surface area contributed by atoms with E-state index in [4.69, 9.17) is 8.53 Å². The molecule has 1 saturated carbocycles. The molecule has 1 fully saturated rings. The van der Waals surface area contributed by atoms with Crippen LogP contribution in [0.2, 0.25) is 0 Å². The lowest BCUT2D eigenvalue weighted by atomic mass is 9.33. The number of aryl methyl sites for hydroxylation is 2. The average molecular weight is 954 g/mol. The van der Waals surface area contributed by atoms with Crippen LogP contribution in [0.15, 0.2) is 101 Å². The average Bonchev–Trinajstić information content (AvgIpc) is 3.94. The Kier molecular flexibility index (Phi) is 8.32. The van der Waals surface area contributed by atoms with Gasteiger partial charge >= 0.3 is 0 Å². The first kappa shape index (κ1) is 40.9. The Morgan fingerprint density at radius 2 is 1.04 bits per heavy atom. The second-order valence-electron chi connectivity index (χ2n) is 27.8. The molecule has 4 heteroatoms. The molecule has 0 amide bonds. The molecule has 368 valence electrons. The number of hydrogen-bond acceptors (Lipinski definition) is 3. The molecule has 0 atom stereocenters. The molecule has 0 N–H and O–H groups in total. The molecule has 2 bridgehead atoms. The summed E-state index contributed by atoms with van der Waals surface area (Å²) in [7, 11) is 0. The Balaban J connectivity index is 1.23. The first-order valence-electron chi connectivity index (χ1n) is 29.8. The maximum atomic E-state index is 9.58. The van der Waals surface area contributed by atoms with Crippen LogP contribution in [0.4, 0.5) is 34.3 Å². The van der Waals surface area contributed by atoms with Crippen molar-refractivity contribution in [2.24, 2.45) is 0 Å². The summed E-state index contributed by atoms with van der Waals surface area (Å²) in [6.07, 6.45) is 9.00. The van der Waals surface area contributed by atoms with Crippen LogP contribution in [0.5, 0.6) is 0 Å². The van der Waals surface area contributed by atoms with E-state index in [0.717, 1.165) is 87.6 Å². The molecule has 7 aliphatic rings. The molecule has 0 radical (unpaired) electrons. The van der Waals surface area contributed by atoms with Gasteiger partial charge in [0.25, 0.3) is 6.71 Å². The summed E-state index contributed by atoms with van der Waals surface area (Å²) >= 11 is 0. The number of anilines is 6. The minimum absolute atomic E-state index is 0.00439. The van der Waals surface area contributed by atoms with Gasteiger partial charge in [-0.1, -0.05) is 144 Å². The van der Waals surface area contributed by atoms with Gasteiger partial charge in [0.05, 0.1) is 12.5 Å². The summed E-state index contributed by atoms with van der Waals surface area (Å²) in [6.45, 7) is 35.3. The first-order chi connectivity index (χ1) is 35.9. The van der Waals surface area contributed by atoms with Crippen molar-refractivity contribution in [3.63, 3.8) is 0 Å². The van der Waals surface area contributed by atoms with Crippen LogP contribution < -0.4 is 26.2 Å². The lowest BCUT2D eigenvalue weighted by molar-refractivity contribution is 0.188. The third-order valence-corrected chi connectivity index (χ3v) is 20.0. The zero-order valence-corrected chi connectivity index (χ0v) is 45.9. The zero-order chi connectivity index (χ0) is 55.0. The van der Waals surface area contributed by atoms with Crippen molar-refractivity contribution in [1.29, 1.82) is 0 Å². The number of furan rings is 1. The fraction of sp³-hybridized carbons (Fsp3) is 0.441. The van der Waals surface area contributed by atoms with Crippen LogP contribution in [-0.2, 0) is 37.9 Å². The van der Waals surface area contributed by atoms with E-state index in [9.17, 15) is 2.74 Å². The quantitative estimate of drug-likeness (QED) is 0.165. The fourth-order valence-electron chi connectivity index (χ4n) is 15.0. The van der Waals surface area contributed by atoms with Crippen molar-refractivity contribution in [3.05, 3.63) is 147 Å². The Morgan fingerprint density at radius 3 is 1.62 bits per heavy atom. The van der Waals surface area contributed by atoms with Crippen molar-refractivity contribution < 1.29 is 11.3 Å². The second-order valence-corrected chi connectivity index (χ2v) is 27.8. The van der Waals surface area contributed by atoms with Gasteiger partial charge in [0.15, 0.2) is 0 Å². The molecular formula is C68H77BN2O. The summed E-state index contributed by atoms with van der Waals surface area (Å²) in [5.74, 6) is 0.790. The van der Waals surface area contributed by atoms with E-state index in [1.807, 2.05) is 0 Å². The molecule has 5 aliphatic carbocycles. The largest absolute Gasteiger partial charge is 0.440 e. The van der Waals surface area contributed by atoms with Crippen LogP contribution in [-0.4, -0.2) is 6.71 Å². The molecule has 3 nitrogen and oxygen atoms in total. The monoisotopic (exact) mass is 954 g/mol. The second kappa shape index (κ2) is 14.6. The molecule has 2 aliphatic heterocycles. The smallest absolute Gasteiger partial charge is 0.257 e. The van der Waals surface area contributed by atoms with Gasteiger partial charge in [-0.25, -0.2) is 0 Å². The molecular weight excluding hydrogens is 872 g/mol. The van der Waals surface area contributed by atoms with Gasteiger partial charge in [-0.05, 0) is 218 Å². The van der Waals surface area contributed by atoms with Crippen LogP contribution in [0.1, 0.15) is 198 Å². The Bertz CT molecular complexity index is 3730. The van der Waals surface area contributed by atoms with Crippen LogP contribution in [0.3, 0.4) is 0 Å². The molecule has 7 aromatic rings. The standard InChI is InChI=1S/C68H77BN2O/c1-40-31-44(62(3,4)5)32-41(2)60(40)71-54-38-50-49(65(10,11)25-26-66(50,12)13)37-53(54)69-58-46-36-51-52(68(15)29-27-67(51,14)28-30-68)39-57(46)72-61(58)70(45-21-22-47-48(35-45)64(8,9)24-23-63(47,6)7)55-33-43(34-56(71)59(55)69)42-19-17-16-18-20-42/h16-22,31-39H,23-30H2,1-15H3/i16D,17D,18D,19D,20D. The SMILES string of the molecule is [2H]c1c([2H])c([2H])c(-c2cc3c4c(c2)N(c2c(C)cc(C(C)(C)C)cc2C)c2cc5c(cc2B4c2c(oc4cc6c(cc24)C2(C)CCC6(C)CC2)N3c2ccc3c(c2)C(C)(C)CCC3(C)C)C(C)(C)CCC5(C)C)c([2H])c1[2H]. The van der Waals surface area contributed by atoms with E-state index in [0.29, 0.717) is 5.56 Å². The van der Waals surface area contributed by atoms with Crippen molar-refractivity contribution in [2.75, 3.05) is 9.80 Å². The van der Waals surface area contributed by atoms with Crippen molar-refractivity contribution in [1.82, 2.24) is 0 Å². The maximum absolute atomic E-state index is 9.58. The van der Waals surface area contributed by atoms with Crippen molar-refractivity contribution in [2.45, 2.75) is 193 Å². The molecule has 0 unspecified atom stereocenters. The van der Waals surface area contributed by atoms with Crippen LogP contribution >= 0.6 is 0 Å². The van der Waals surface area contributed by atoms with Crippen LogP contribution in [0.25, 0.3) is 22.1 Å². The predicted octanol–water partition coefficient (Wildman–Crippen LogP) is 16.9. The highest BCUT2D eigenvalue weighted by Crippen LogP contribution is 2.59. The van der Waals surface area contributed by atoms with E-state index in [1.54, 1.807) is 0 Å². The molecule has 3 heterocycles. The lowest BCUT2D eigenvalue weighted by Crippen LogP contribution is -2.61. The normalized spacial score (nSPS) is 24.5. The topological polar surface area (TPSA) is 19.6 Å². The number of rotatable bonds is 3. The minimum Gasteiger partial charge on any atom is -0.440 e. The number of benzene rings is 6. The van der Waals surface area contributed by atoms with E-state index in [2.05, 4.69) is 180 Å². The molecule has 72 heavy (non-hydrogen) atoms. The summed E-state index contributed by atoms with van der Waals surface area (Å²) in [4.78, 5) is 4.89. The van der Waals surface area contributed by atoms with E-state index in [-0.39, 0.29) is 74.4 Å². The van der Waals surface area contributed by atoms with Gasteiger partial charge < -0.3 is 9.32 Å². The lowest BCUT2D eigenvalue weighted by Gasteiger charge is -2.52. The fourth-order valence-corrected chi connectivity index (χ4v) is 15.0. The summed E-state index contributed by atoms with van der Waals surface area (Å²) in [5.41, 5.74) is 22.0. The third-order valence-electron chi connectivity index (χ3n) is 20.0. The highest BCUT2D eigenvalue weighted by Gasteiger charge is 2.52. The van der Waals surface area contributed by atoms with Crippen molar-refractivity contribution in [3.8, 4) is 11.1 Å². The van der Waals surface area contributed by atoms with Gasteiger partial charge in [0.1, 0.15) is 5.58 Å². The Hall–Kier alpha value is -5.48. The highest BCUT2D eigenvalue weighted by atomic mass is 16.4. The van der Waals surface area contributed by atoms with Gasteiger partial charge in [0.2, 0.25) is 5.88 Å². The first-order valence-corrected chi connectivity index (χ1v) is 27.3. The summed E-state index contributed by atoms with van der Waals surface area (Å²) in [5, 5.41) is 1.16. The molecule has 14 rings (SSSR count). The van der Waals surface area contributed by atoms with Gasteiger partial charge in [-0.15, -0.1) is 0 Å². The number of fused-ring (bicyclic) bond motifs is 10. The molecule has 1 aromatic heterocycles. The summed E-state index contributed by atoms with van der Waals surface area (Å²) in [6, 6.07) is 24.7. The predicted molar refractivity (Wildman–Crippen MR) is 308 cm³/mol.